The summed E-state index contributed by atoms with van der Waals surface area (Å²) < 4.78 is 6.57. The Kier molecular flexibility index (Phi) is 5.03. The van der Waals surface area contributed by atoms with Gasteiger partial charge in [-0.05, 0) is 39.0 Å². The van der Waals surface area contributed by atoms with Gasteiger partial charge in [0.1, 0.15) is 12.4 Å². The van der Waals surface area contributed by atoms with Crippen molar-refractivity contribution < 1.29 is 9.84 Å². The van der Waals surface area contributed by atoms with Gasteiger partial charge in [0.15, 0.2) is 0 Å². The van der Waals surface area contributed by atoms with Crippen LogP contribution in [0.5, 0.6) is 5.75 Å². The van der Waals surface area contributed by atoms with Crippen molar-refractivity contribution >= 4 is 15.9 Å². The zero-order chi connectivity index (χ0) is 12.1. The van der Waals surface area contributed by atoms with Gasteiger partial charge in [-0.25, -0.2) is 0 Å². The van der Waals surface area contributed by atoms with Gasteiger partial charge in [0.25, 0.3) is 0 Å². The average molecular weight is 285 g/mol. The Balaban J connectivity index is 2.84. The first-order valence-corrected chi connectivity index (χ1v) is 6.03. The maximum Gasteiger partial charge on any atom is 0.126 e. The number of allylic oxidation sites excluding steroid dienone is 1. The van der Waals surface area contributed by atoms with Crippen LogP contribution in [0.2, 0.25) is 0 Å². The lowest BCUT2D eigenvalue weighted by Gasteiger charge is -2.12. The molecule has 0 aliphatic heterocycles. The molecule has 1 aromatic rings. The fourth-order valence-corrected chi connectivity index (χ4v) is 1.62. The average Bonchev–Trinajstić information content (AvgIpc) is 2.16. The van der Waals surface area contributed by atoms with E-state index in [1.54, 1.807) is 6.92 Å². The lowest BCUT2D eigenvalue weighted by molar-refractivity contribution is 0.193. The number of ether oxygens (including phenoxy) is 1. The quantitative estimate of drug-likeness (QED) is 0.851. The van der Waals surface area contributed by atoms with Gasteiger partial charge in [-0.1, -0.05) is 27.6 Å². The molecule has 0 unspecified atom stereocenters. The third-order valence-electron chi connectivity index (χ3n) is 2.16. The molecule has 0 fully saturated rings. The molecular formula is C13H17BrO2. The molecule has 0 aromatic heterocycles. The van der Waals surface area contributed by atoms with Crippen LogP contribution in [0.15, 0.2) is 34.3 Å². The first-order chi connectivity index (χ1) is 7.50. The summed E-state index contributed by atoms with van der Waals surface area (Å²) in [5, 5.41) is 9.59. The van der Waals surface area contributed by atoms with Crippen molar-refractivity contribution in [1.29, 1.82) is 0 Å². The van der Waals surface area contributed by atoms with E-state index >= 15 is 0 Å². The maximum atomic E-state index is 9.59. The van der Waals surface area contributed by atoms with Crippen LogP contribution in [-0.2, 0) is 0 Å². The van der Waals surface area contributed by atoms with Gasteiger partial charge in [-0.2, -0.15) is 0 Å². The van der Waals surface area contributed by atoms with E-state index in [-0.39, 0.29) is 0 Å². The van der Waals surface area contributed by atoms with Crippen LogP contribution in [0.25, 0.3) is 0 Å². The fourth-order valence-electron chi connectivity index (χ4n) is 1.28. The normalized spacial score (nSPS) is 12.1. The Labute approximate surface area is 105 Å². The molecule has 2 nitrogen and oxygen atoms in total. The topological polar surface area (TPSA) is 29.5 Å². The predicted octanol–water partition coefficient (Wildman–Crippen LogP) is 3.85. The molecule has 0 saturated heterocycles. The van der Waals surface area contributed by atoms with Crippen molar-refractivity contribution in [3.05, 3.63) is 39.9 Å². The van der Waals surface area contributed by atoms with E-state index in [2.05, 4.69) is 15.9 Å². The fraction of sp³-hybridized carbons (Fsp3) is 0.385. The molecule has 0 aliphatic carbocycles. The second kappa shape index (κ2) is 6.06. The molecule has 0 bridgehead atoms. The Morgan fingerprint density at radius 1 is 1.50 bits per heavy atom. The summed E-state index contributed by atoms with van der Waals surface area (Å²) in [4.78, 5) is 0. The number of hydrogen-bond donors (Lipinski definition) is 1. The van der Waals surface area contributed by atoms with E-state index in [9.17, 15) is 5.11 Å². The number of aliphatic hydroxyl groups is 1. The summed E-state index contributed by atoms with van der Waals surface area (Å²) in [6.07, 6.45) is 1.49. The van der Waals surface area contributed by atoms with Crippen molar-refractivity contribution in [3.63, 3.8) is 0 Å². The maximum absolute atomic E-state index is 9.59. The minimum atomic E-state index is -0.519. The van der Waals surface area contributed by atoms with Gasteiger partial charge < -0.3 is 9.84 Å². The van der Waals surface area contributed by atoms with Gasteiger partial charge >= 0.3 is 0 Å². The predicted molar refractivity (Wildman–Crippen MR) is 69.7 cm³/mol. The van der Waals surface area contributed by atoms with Crippen molar-refractivity contribution in [2.24, 2.45) is 0 Å². The zero-order valence-corrected chi connectivity index (χ0v) is 11.4. The highest BCUT2D eigenvalue weighted by atomic mass is 79.9. The SMILES string of the molecule is CC(C)=CCOc1cc(Br)ccc1[C@@H](C)O. The van der Waals surface area contributed by atoms with Crippen LogP contribution in [0.3, 0.4) is 0 Å². The minimum absolute atomic E-state index is 0.519. The lowest BCUT2D eigenvalue weighted by Crippen LogP contribution is -2.00. The molecular weight excluding hydrogens is 268 g/mol. The molecule has 1 atom stereocenters. The summed E-state index contributed by atoms with van der Waals surface area (Å²) in [7, 11) is 0. The number of hydrogen-bond acceptors (Lipinski definition) is 2. The Morgan fingerprint density at radius 3 is 2.75 bits per heavy atom. The van der Waals surface area contributed by atoms with Gasteiger partial charge in [0.2, 0.25) is 0 Å². The number of halogens is 1. The standard InChI is InChI=1S/C13H17BrO2/c1-9(2)6-7-16-13-8-11(14)4-5-12(13)10(3)15/h4-6,8,10,15H,7H2,1-3H3/t10-/m1/s1. The molecule has 0 radical (unpaired) electrons. The molecule has 0 heterocycles. The van der Waals surface area contributed by atoms with E-state index in [0.717, 1.165) is 15.8 Å². The third kappa shape index (κ3) is 3.99. The van der Waals surface area contributed by atoms with Crippen molar-refractivity contribution in [3.8, 4) is 5.75 Å². The second-order valence-electron chi connectivity index (χ2n) is 3.95. The lowest BCUT2D eigenvalue weighted by atomic mass is 10.1. The van der Waals surface area contributed by atoms with E-state index in [4.69, 9.17) is 4.74 Å². The molecule has 88 valence electrons. The van der Waals surface area contributed by atoms with Crippen LogP contribution < -0.4 is 4.74 Å². The molecule has 1 N–H and O–H groups in total. The summed E-state index contributed by atoms with van der Waals surface area (Å²) >= 11 is 3.39. The van der Waals surface area contributed by atoms with E-state index in [1.165, 1.54) is 5.57 Å². The number of rotatable bonds is 4. The molecule has 0 saturated carbocycles. The van der Waals surface area contributed by atoms with E-state index < -0.39 is 6.10 Å². The molecule has 1 aromatic carbocycles. The molecule has 16 heavy (non-hydrogen) atoms. The van der Waals surface area contributed by atoms with Gasteiger partial charge in [0.05, 0.1) is 6.10 Å². The van der Waals surface area contributed by atoms with Crippen LogP contribution in [0.4, 0.5) is 0 Å². The monoisotopic (exact) mass is 284 g/mol. The molecule has 1 rings (SSSR count). The minimum Gasteiger partial charge on any atom is -0.489 e. The molecule has 0 aliphatic rings. The van der Waals surface area contributed by atoms with Gasteiger partial charge in [-0.3, -0.25) is 0 Å². The molecule has 0 spiro atoms. The van der Waals surface area contributed by atoms with Crippen molar-refractivity contribution in [1.82, 2.24) is 0 Å². The first kappa shape index (κ1) is 13.3. The van der Waals surface area contributed by atoms with Crippen molar-refractivity contribution in [2.45, 2.75) is 26.9 Å². The third-order valence-corrected chi connectivity index (χ3v) is 2.65. The van der Waals surface area contributed by atoms with Crippen LogP contribution in [0, 0.1) is 0 Å². The largest absolute Gasteiger partial charge is 0.489 e. The van der Waals surface area contributed by atoms with Gasteiger partial charge in [0, 0.05) is 10.0 Å². The van der Waals surface area contributed by atoms with Crippen LogP contribution in [-0.4, -0.2) is 11.7 Å². The van der Waals surface area contributed by atoms with Gasteiger partial charge in [-0.15, -0.1) is 0 Å². The highest BCUT2D eigenvalue weighted by molar-refractivity contribution is 9.10. The highest BCUT2D eigenvalue weighted by Gasteiger charge is 2.09. The molecule has 3 heteroatoms. The molecule has 0 amide bonds. The summed E-state index contributed by atoms with van der Waals surface area (Å²) in [6, 6.07) is 5.64. The number of aliphatic hydroxyl groups excluding tert-OH is 1. The first-order valence-electron chi connectivity index (χ1n) is 5.24. The Bertz CT molecular complexity index is 380. The summed E-state index contributed by atoms with van der Waals surface area (Å²) in [5.41, 5.74) is 2.03. The Hall–Kier alpha value is -0.800. The van der Waals surface area contributed by atoms with Crippen LogP contribution in [0.1, 0.15) is 32.4 Å². The Morgan fingerprint density at radius 2 is 2.19 bits per heavy atom. The van der Waals surface area contributed by atoms with E-state index in [1.807, 2.05) is 38.1 Å². The number of benzene rings is 1. The van der Waals surface area contributed by atoms with Crippen molar-refractivity contribution in [2.75, 3.05) is 6.61 Å². The van der Waals surface area contributed by atoms with E-state index in [0.29, 0.717) is 6.61 Å². The highest BCUT2D eigenvalue weighted by Crippen LogP contribution is 2.28. The summed E-state index contributed by atoms with van der Waals surface area (Å²) in [5.74, 6) is 0.724. The smallest absolute Gasteiger partial charge is 0.126 e. The second-order valence-corrected chi connectivity index (χ2v) is 4.87. The zero-order valence-electron chi connectivity index (χ0n) is 9.83. The van der Waals surface area contributed by atoms with Crippen LogP contribution >= 0.6 is 15.9 Å². The summed E-state index contributed by atoms with van der Waals surface area (Å²) in [6.45, 7) is 6.31.